The molecule has 0 radical (unpaired) electrons. The Morgan fingerprint density at radius 2 is 2.04 bits per heavy atom. The van der Waals surface area contributed by atoms with Gasteiger partial charge in [-0.3, -0.25) is 9.59 Å². The van der Waals surface area contributed by atoms with Crippen LogP contribution in [0.1, 0.15) is 27.9 Å². The quantitative estimate of drug-likeness (QED) is 0.810. The first-order valence-electron chi connectivity index (χ1n) is 8.00. The highest BCUT2D eigenvalue weighted by Gasteiger charge is 2.54. The number of hydrogen-bond acceptors (Lipinski definition) is 4. The molecule has 25 heavy (non-hydrogen) atoms. The van der Waals surface area contributed by atoms with Crippen LogP contribution in [0.15, 0.2) is 40.9 Å². The van der Waals surface area contributed by atoms with E-state index in [-0.39, 0.29) is 5.78 Å². The topological polar surface area (TPSA) is 75.6 Å². The summed E-state index contributed by atoms with van der Waals surface area (Å²) in [6.07, 6.45) is 1.03. The monoisotopic (exact) mass is 401 g/mol. The largest absolute Gasteiger partial charge is 0.497 e. The number of methoxy groups -OCH3 is 1. The lowest BCUT2D eigenvalue weighted by molar-refractivity contribution is -0.138. The molecule has 2 N–H and O–H groups in total. The normalized spacial score (nSPS) is 24.5. The van der Waals surface area contributed by atoms with E-state index in [0.29, 0.717) is 35.4 Å². The molecule has 2 aromatic carbocycles. The molecule has 5 nitrogen and oxygen atoms in total. The van der Waals surface area contributed by atoms with Crippen molar-refractivity contribution in [2.45, 2.75) is 18.4 Å². The van der Waals surface area contributed by atoms with Crippen molar-refractivity contribution >= 4 is 33.3 Å². The van der Waals surface area contributed by atoms with Crippen LogP contribution in [-0.2, 0) is 16.8 Å². The number of carbonyl (C=O) groups excluding carboxylic acids is 2. The van der Waals surface area contributed by atoms with Crippen molar-refractivity contribution in [3.8, 4) is 5.75 Å². The molecule has 0 saturated carbocycles. The Kier molecular flexibility index (Phi) is 3.70. The van der Waals surface area contributed by atoms with Crippen molar-refractivity contribution in [1.29, 1.82) is 0 Å². The Labute approximate surface area is 153 Å². The summed E-state index contributed by atoms with van der Waals surface area (Å²) in [5, 5.41) is 14.0. The molecule has 2 aliphatic rings. The number of fused-ring (bicyclic) bond motifs is 2. The van der Waals surface area contributed by atoms with Gasteiger partial charge in [-0.05, 0) is 48.7 Å². The van der Waals surface area contributed by atoms with Gasteiger partial charge < -0.3 is 15.2 Å². The SMILES string of the molecule is COc1ccc2c(c1)C(=O)[C@H]([C@]1(O)C(=O)Nc3ccc(Br)cc31)CC2. The summed E-state index contributed by atoms with van der Waals surface area (Å²) in [4.78, 5) is 25.7. The average molecular weight is 402 g/mol. The van der Waals surface area contributed by atoms with E-state index >= 15 is 0 Å². The molecular formula is C19H16BrNO4. The third kappa shape index (κ3) is 2.32. The van der Waals surface area contributed by atoms with Crippen LogP contribution >= 0.6 is 15.9 Å². The Hall–Kier alpha value is -2.18. The number of anilines is 1. The predicted molar refractivity (Wildman–Crippen MR) is 95.8 cm³/mol. The number of aryl methyl sites for hydroxylation is 1. The summed E-state index contributed by atoms with van der Waals surface area (Å²) in [7, 11) is 1.54. The Morgan fingerprint density at radius 1 is 1.24 bits per heavy atom. The molecule has 2 aromatic rings. The van der Waals surface area contributed by atoms with Gasteiger partial charge in [0.05, 0.1) is 13.0 Å². The highest BCUT2D eigenvalue weighted by atomic mass is 79.9. The smallest absolute Gasteiger partial charge is 0.261 e. The van der Waals surface area contributed by atoms with Gasteiger partial charge in [0.15, 0.2) is 11.4 Å². The zero-order chi connectivity index (χ0) is 17.8. The number of halogens is 1. The van der Waals surface area contributed by atoms with E-state index in [0.717, 1.165) is 10.0 Å². The van der Waals surface area contributed by atoms with Gasteiger partial charge in [0, 0.05) is 21.3 Å². The molecule has 1 amide bonds. The molecule has 0 spiro atoms. The molecule has 4 rings (SSSR count). The van der Waals surface area contributed by atoms with Crippen LogP contribution in [0.25, 0.3) is 0 Å². The number of carbonyl (C=O) groups is 2. The molecule has 1 aliphatic carbocycles. The average Bonchev–Trinajstić information content (AvgIpc) is 2.86. The molecule has 1 aliphatic heterocycles. The second-order valence-electron chi connectivity index (χ2n) is 6.39. The van der Waals surface area contributed by atoms with Crippen molar-refractivity contribution in [2.24, 2.45) is 5.92 Å². The number of rotatable bonds is 2. The fraction of sp³-hybridized carbons (Fsp3) is 0.263. The van der Waals surface area contributed by atoms with Crippen molar-refractivity contribution in [3.63, 3.8) is 0 Å². The van der Waals surface area contributed by atoms with E-state index in [1.165, 1.54) is 7.11 Å². The van der Waals surface area contributed by atoms with Crippen molar-refractivity contribution < 1.29 is 19.4 Å². The van der Waals surface area contributed by atoms with Gasteiger partial charge in [0.25, 0.3) is 5.91 Å². The number of benzene rings is 2. The zero-order valence-corrected chi connectivity index (χ0v) is 15.1. The standard InChI is InChI=1S/C19H16BrNO4/c1-25-12-5-2-10-3-6-14(17(22)13(10)9-12)19(24)15-8-11(20)4-7-16(15)21-18(19)23/h2,4-5,7-9,14,24H,3,6H2,1H3,(H,21,23)/t14-,19-/m1/s1. The molecule has 0 unspecified atom stereocenters. The third-order valence-electron chi connectivity index (χ3n) is 5.09. The number of nitrogens with one attached hydrogen (secondary N) is 1. The molecule has 1 heterocycles. The minimum atomic E-state index is -1.86. The number of ketones is 1. The second-order valence-corrected chi connectivity index (χ2v) is 7.30. The molecule has 2 atom stereocenters. The Morgan fingerprint density at radius 3 is 2.80 bits per heavy atom. The molecule has 0 aromatic heterocycles. The van der Waals surface area contributed by atoms with E-state index in [2.05, 4.69) is 21.2 Å². The number of Topliss-reactive ketones (excluding diaryl/α,β-unsaturated/α-hetero) is 1. The molecule has 6 heteroatoms. The van der Waals surface area contributed by atoms with Crippen molar-refractivity contribution in [2.75, 3.05) is 12.4 Å². The number of amides is 1. The maximum Gasteiger partial charge on any atom is 0.261 e. The van der Waals surface area contributed by atoms with E-state index in [9.17, 15) is 14.7 Å². The highest BCUT2D eigenvalue weighted by Crippen LogP contribution is 2.46. The van der Waals surface area contributed by atoms with Gasteiger partial charge in [-0.15, -0.1) is 0 Å². The van der Waals surface area contributed by atoms with Crippen LogP contribution in [-0.4, -0.2) is 23.9 Å². The van der Waals surface area contributed by atoms with Gasteiger partial charge in [-0.1, -0.05) is 22.0 Å². The lowest BCUT2D eigenvalue weighted by Crippen LogP contribution is -2.47. The van der Waals surface area contributed by atoms with Crippen molar-refractivity contribution in [3.05, 3.63) is 57.6 Å². The van der Waals surface area contributed by atoms with E-state index in [4.69, 9.17) is 4.74 Å². The minimum Gasteiger partial charge on any atom is -0.497 e. The fourth-order valence-electron chi connectivity index (χ4n) is 3.77. The first-order chi connectivity index (χ1) is 11.9. The first-order valence-corrected chi connectivity index (χ1v) is 8.79. The third-order valence-corrected chi connectivity index (χ3v) is 5.59. The molecular weight excluding hydrogens is 386 g/mol. The molecule has 0 bridgehead atoms. The minimum absolute atomic E-state index is 0.231. The van der Waals surface area contributed by atoms with Crippen molar-refractivity contribution in [1.82, 2.24) is 0 Å². The van der Waals surface area contributed by atoms with Gasteiger partial charge in [-0.25, -0.2) is 0 Å². The van der Waals surface area contributed by atoms with Gasteiger partial charge >= 0.3 is 0 Å². The summed E-state index contributed by atoms with van der Waals surface area (Å²) in [6.45, 7) is 0. The van der Waals surface area contributed by atoms with Gasteiger partial charge in [0.2, 0.25) is 0 Å². The Balaban J connectivity index is 1.81. The van der Waals surface area contributed by atoms with Crippen LogP contribution in [0.5, 0.6) is 5.75 Å². The summed E-state index contributed by atoms with van der Waals surface area (Å²) >= 11 is 3.37. The maximum atomic E-state index is 13.1. The lowest BCUT2D eigenvalue weighted by Gasteiger charge is -2.33. The van der Waals surface area contributed by atoms with E-state index in [1.807, 2.05) is 12.1 Å². The van der Waals surface area contributed by atoms with Crippen LogP contribution in [0, 0.1) is 5.92 Å². The highest BCUT2D eigenvalue weighted by molar-refractivity contribution is 9.10. The molecule has 0 saturated heterocycles. The Bertz CT molecular complexity index is 910. The van der Waals surface area contributed by atoms with Crippen LogP contribution in [0.2, 0.25) is 0 Å². The first kappa shape index (κ1) is 16.3. The second kappa shape index (κ2) is 5.68. The zero-order valence-electron chi connectivity index (χ0n) is 13.5. The lowest BCUT2D eigenvalue weighted by atomic mass is 9.71. The maximum absolute atomic E-state index is 13.1. The van der Waals surface area contributed by atoms with E-state index in [1.54, 1.807) is 24.3 Å². The fourth-order valence-corrected chi connectivity index (χ4v) is 4.13. The van der Waals surface area contributed by atoms with Gasteiger partial charge in [0.1, 0.15) is 5.75 Å². The van der Waals surface area contributed by atoms with Crippen LogP contribution in [0.3, 0.4) is 0 Å². The van der Waals surface area contributed by atoms with E-state index < -0.39 is 17.4 Å². The molecule has 0 fully saturated rings. The van der Waals surface area contributed by atoms with Crippen LogP contribution in [0.4, 0.5) is 5.69 Å². The predicted octanol–water partition coefficient (Wildman–Crippen LogP) is 3.04. The summed E-state index contributed by atoms with van der Waals surface area (Å²) in [5.74, 6) is -1.03. The van der Waals surface area contributed by atoms with Crippen LogP contribution < -0.4 is 10.1 Å². The summed E-state index contributed by atoms with van der Waals surface area (Å²) in [5.41, 5.74) is 0.548. The summed E-state index contributed by atoms with van der Waals surface area (Å²) in [6, 6.07) is 10.6. The van der Waals surface area contributed by atoms with Gasteiger partial charge in [-0.2, -0.15) is 0 Å². The molecule has 128 valence electrons. The number of aliphatic hydroxyl groups is 1. The number of ether oxygens (including phenoxy) is 1. The number of hydrogen-bond donors (Lipinski definition) is 2. The summed E-state index contributed by atoms with van der Waals surface area (Å²) < 4.78 is 5.95.